The van der Waals surface area contributed by atoms with Crippen molar-refractivity contribution in [2.75, 3.05) is 20.2 Å². The van der Waals surface area contributed by atoms with E-state index in [4.69, 9.17) is 4.74 Å². The minimum absolute atomic E-state index is 0.0314. The maximum Gasteiger partial charge on any atom is 0.317 e. The molecule has 2 atom stereocenters. The molecule has 2 N–H and O–H groups in total. The van der Waals surface area contributed by atoms with E-state index in [1.807, 2.05) is 6.92 Å². The second kappa shape index (κ2) is 6.64. The standard InChI is InChI=1S/C15H26N2O4/c1-11-12(6-9-21-11)17(2)14(20)16-10-15(13(18)19)7-4-3-5-8-15/h11-12H,3-10H2,1-2H3,(H,16,20)(H,18,19). The van der Waals surface area contributed by atoms with Gasteiger partial charge in [0.1, 0.15) is 0 Å². The number of hydrogen-bond donors (Lipinski definition) is 2. The van der Waals surface area contributed by atoms with Crippen molar-refractivity contribution in [3.63, 3.8) is 0 Å². The van der Waals surface area contributed by atoms with Crippen molar-refractivity contribution in [3.05, 3.63) is 0 Å². The van der Waals surface area contributed by atoms with Gasteiger partial charge in [0, 0.05) is 20.2 Å². The quantitative estimate of drug-likeness (QED) is 0.830. The van der Waals surface area contributed by atoms with Crippen LogP contribution in [0, 0.1) is 5.41 Å². The minimum atomic E-state index is -0.789. The Balaban J connectivity index is 1.91. The van der Waals surface area contributed by atoms with Crippen LogP contribution in [0.2, 0.25) is 0 Å². The lowest BCUT2D eigenvalue weighted by Gasteiger charge is -2.34. The lowest BCUT2D eigenvalue weighted by molar-refractivity contribution is -0.150. The summed E-state index contributed by atoms with van der Waals surface area (Å²) in [5, 5.41) is 12.3. The summed E-state index contributed by atoms with van der Waals surface area (Å²) in [7, 11) is 1.75. The zero-order chi connectivity index (χ0) is 15.5. The topological polar surface area (TPSA) is 78.9 Å². The Morgan fingerprint density at radius 3 is 2.52 bits per heavy atom. The van der Waals surface area contributed by atoms with E-state index in [9.17, 15) is 14.7 Å². The summed E-state index contributed by atoms with van der Waals surface area (Å²) in [6, 6.07) is -0.138. The van der Waals surface area contributed by atoms with E-state index in [0.717, 1.165) is 25.7 Å². The van der Waals surface area contributed by atoms with Gasteiger partial charge in [-0.25, -0.2) is 4.79 Å². The van der Waals surface area contributed by atoms with Crippen LogP contribution in [0.25, 0.3) is 0 Å². The third-order valence-electron chi connectivity index (χ3n) is 5.00. The summed E-state index contributed by atoms with van der Waals surface area (Å²) >= 11 is 0. The van der Waals surface area contributed by atoms with Crippen LogP contribution in [-0.4, -0.2) is 54.4 Å². The van der Waals surface area contributed by atoms with E-state index in [0.29, 0.717) is 19.4 Å². The second-order valence-electron chi connectivity index (χ2n) is 6.35. The maximum absolute atomic E-state index is 12.2. The van der Waals surface area contributed by atoms with Gasteiger partial charge in [0.05, 0.1) is 17.6 Å². The first-order chi connectivity index (χ1) is 9.96. The zero-order valence-corrected chi connectivity index (χ0v) is 12.9. The lowest BCUT2D eigenvalue weighted by atomic mass is 9.74. The van der Waals surface area contributed by atoms with Crippen LogP contribution in [-0.2, 0) is 9.53 Å². The van der Waals surface area contributed by atoms with Gasteiger partial charge in [-0.05, 0) is 26.2 Å². The number of likely N-dealkylation sites (N-methyl/N-ethyl adjacent to an activating group) is 1. The number of nitrogens with zero attached hydrogens (tertiary/aromatic N) is 1. The average Bonchev–Trinajstić information content (AvgIpc) is 2.91. The lowest BCUT2D eigenvalue weighted by Crippen LogP contribution is -2.51. The molecule has 2 amide bonds. The summed E-state index contributed by atoms with van der Waals surface area (Å²) in [6.45, 7) is 2.84. The van der Waals surface area contributed by atoms with Crippen LogP contribution in [0.3, 0.4) is 0 Å². The first-order valence-electron chi connectivity index (χ1n) is 7.82. The molecule has 0 bridgehead atoms. The first-order valence-corrected chi connectivity index (χ1v) is 7.82. The molecule has 0 spiro atoms. The minimum Gasteiger partial charge on any atom is -0.481 e. The van der Waals surface area contributed by atoms with Crippen LogP contribution in [0.5, 0.6) is 0 Å². The van der Waals surface area contributed by atoms with E-state index >= 15 is 0 Å². The number of hydrogen-bond acceptors (Lipinski definition) is 3. The van der Waals surface area contributed by atoms with Crippen molar-refractivity contribution in [2.24, 2.45) is 5.41 Å². The number of rotatable bonds is 4. The summed E-state index contributed by atoms with van der Waals surface area (Å²) in [5.41, 5.74) is -0.785. The molecule has 2 fully saturated rings. The zero-order valence-electron chi connectivity index (χ0n) is 12.9. The van der Waals surface area contributed by atoms with Gasteiger partial charge < -0.3 is 20.1 Å². The molecule has 0 aromatic heterocycles. The van der Waals surface area contributed by atoms with Crippen LogP contribution >= 0.6 is 0 Å². The molecule has 0 aromatic carbocycles. The number of urea groups is 1. The fraction of sp³-hybridized carbons (Fsp3) is 0.867. The van der Waals surface area contributed by atoms with Gasteiger partial charge in [0.25, 0.3) is 0 Å². The van der Waals surface area contributed by atoms with Crippen LogP contribution in [0.15, 0.2) is 0 Å². The molecular formula is C15H26N2O4. The van der Waals surface area contributed by atoms with Gasteiger partial charge in [-0.1, -0.05) is 19.3 Å². The van der Waals surface area contributed by atoms with Crippen LogP contribution < -0.4 is 5.32 Å². The van der Waals surface area contributed by atoms with Gasteiger partial charge in [-0.2, -0.15) is 0 Å². The van der Waals surface area contributed by atoms with E-state index in [1.165, 1.54) is 0 Å². The number of aliphatic carboxylic acids is 1. The second-order valence-corrected chi connectivity index (χ2v) is 6.35. The van der Waals surface area contributed by atoms with E-state index in [1.54, 1.807) is 11.9 Å². The molecule has 21 heavy (non-hydrogen) atoms. The number of carboxylic acids is 1. The first kappa shape index (κ1) is 16.1. The number of carbonyl (C=O) groups is 2. The highest BCUT2D eigenvalue weighted by molar-refractivity contribution is 5.78. The van der Waals surface area contributed by atoms with Crippen molar-refractivity contribution < 1.29 is 19.4 Å². The van der Waals surface area contributed by atoms with Crippen molar-refractivity contribution >= 4 is 12.0 Å². The number of amides is 2. The molecule has 2 unspecified atom stereocenters. The third kappa shape index (κ3) is 3.48. The monoisotopic (exact) mass is 298 g/mol. The smallest absolute Gasteiger partial charge is 0.317 e. The molecular weight excluding hydrogens is 272 g/mol. The normalized spacial score (nSPS) is 28.1. The Bertz CT molecular complexity index is 393. The maximum atomic E-state index is 12.2. The van der Waals surface area contributed by atoms with Gasteiger partial charge in [-0.3, -0.25) is 4.79 Å². The molecule has 2 rings (SSSR count). The highest BCUT2D eigenvalue weighted by atomic mass is 16.5. The van der Waals surface area contributed by atoms with E-state index in [-0.39, 0.29) is 24.7 Å². The van der Waals surface area contributed by atoms with Gasteiger partial charge in [0.2, 0.25) is 0 Å². The van der Waals surface area contributed by atoms with Crippen molar-refractivity contribution in [1.82, 2.24) is 10.2 Å². The van der Waals surface area contributed by atoms with Gasteiger partial charge >= 0.3 is 12.0 Å². The molecule has 2 aliphatic rings. The number of ether oxygens (including phenoxy) is 1. The molecule has 1 aliphatic carbocycles. The summed E-state index contributed by atoms with van der Waals surface area (Å²) in [4.78, 5) is 25.5. The molecule has 1 aliphatic heterocycles. The Hall–Kier alpha value is -1.30. The Labute approximate surface area is 125 Å². The number of carbonyl (C=O) groups excluding carboxylic acids is 1. The van der Waals surface area contributed by atoms with Crippen LogP contribution in [0.1, 0.15) is 45.4 Å². The van der Waals surface area contributed by atoms with E-state index < -0.39 is 11.4 Å². The highest BCUT2D eigenvalue weighted by Crippen LogP contribution is 2.36. The molecule has 120 valence electrons. The fourth-order valence-electron chi connectivity index (χ4n) is 3.44. The largest absolute Gasteiger partial charge is 0.481 e. The van der Waals surface area contributed by atoms with E-state index in [2.05, 4.69) is 5.32 Å². The van der Waals surface area contributed by atoms with Crippen molar-refractivity contribution in [1.29, 1.82) is 0 Å². The Morgan fingerprint density at radius 2 is 2.00 bits per heavy atom. The highest BCUT2D eigenvalue weighted by Gasteiger charge is 2.40. The SMILES string of the molecule is CC1OCCC1N(C)C(=O)NCC1(C(=O)O)CCCCC1. The summed E-state index contributed by atoms with van der Waals surface area (Å²) < 4.78 is 5.47. The molecule has 0 radical (unpaired) electrons. The number of nitrogens with one attached hydrogen (secondary N) is 1. The Kier molecular flexibility index (Phi) is 5.08. The van der Waals surface area contributed by atoms with Crippen LogP contribution in [0.4, 0.5) is 4.79 Å². The molecule has 0 aromatic rings. The predicted octanol–water partition coefficient (Wildman–Crippen LogP) is 1.84. The average molecular weight is 298 g/mol. The molecule has 1 saturated heterocycles. The molecule has 6 heteroatoms. The third-order valence-corrected chi connectivity index (χ3v) is 5.00. The molecule has 6 nitrogen and oxygen atoms in total. The van der Waals surface area contributed by atoms with Crippen molar-refractivity contribution in [3.8, 4) is 0 Å². The Morgan fingerprint density at radius 1 is 1.33 bits per heavy atom. The van der Waals surface area contributed by atoms with Gasteiger partial charge in [-0.15, -0.1) is 0 Å². The van der Waals surface area contributed by atoms with Gasteiger partial charge in [0.15, 0.2) is 0 Å². The predicted molar refractivity (Wildman–Crippen MR) is 78.1 cm³/mol. The summed E-state index contributed by atoms with van der Waals surface area (Å²) in [6.07, 6.45) is 5.08. The summed E-state index contributed by atoms with van der Waals surface area (Å²) in [5.74, 6) is -0.789. The molecule has 1 saturated carbocycles. The number of carboxylic acid groups (broad SMARTS) is 1. The molecule has 1 heterocycles. The van der Waals surface area contributed by atoms with Crippen molar-refractivity contribution in [2.45, 2.75) is 57.6 Å². The fourth-order valence-corrected chi connectivity index (χ4v) is 3.44.